The fraction of sp³-hybridized carbons (Fsp3) is 0.100. The minimum Gasteiger partial charge on any atom is -0.497 e. The molecule has 146 valence electrons. The summed E-state index contributed by atoms with van der Waals surface area (Å²) in [5.74, 6) is 1.64. The minimum atomic E-state index is -0.306. The number of ether oxygens (including phenoxy) is 2. The first-order valence-corrected chi connectivity index (χ1v) is 9.50. The van der Waals surface area contributed by atoms with Crippen molar-refractivity contribution in [2.45, 2.75) is 0 Å². The maximum Gasteiger partial charge on any atom is 0.264 e. The molecule has 2 aromatic carbocycles. The number of hydrogen-bond acceptors (Lipinski definition) is 8. The largest absolute Gasteiger partial charge is 0.497 e. The fourth-order valence-corrected chi connectivity index (χ4v) is 3.09. The smallest absolute Gasteiger partial charge is 0.264 e. The SMILES string of the molecule is COc1ccc(-c2noc(-c3ccccc3OCC(=O)Nc3nccs3)n2)cc1. The summed E-state index contributed by atoms with van der Waals surface area (Å²) in [6, 6.07) is 14.5. The maximum atomic E-state index is 12.0. The van der Waals surface area contributed by atoms with Gasteiger partial charge in [-0.3, -0.25) is 10.1 Å². The molecule has 2 aromatic heterocycles. The summed E-state index contributed by atoms with van der Waals surface area (Å²) in [5, 5.41) is 9.00. The number of para-hydroxylation sites is 1. The first kappa shape index (κ1) is 18.6. The number of rotatable bonds is 7. The molecular formula is C20H16N4O4S. The van der Waals surface area contributed by atoms with E-state index in [4.69, 9.17) is 14.0 Å². The molecule has 0 spiro atoms. The zero-order valence-electron chi connectivity index (χ0n) is 15.4. The van der Waals surface area contributed by atoms with Crippen molar-refractivity contribution in [3.63, 3.8) is 0 Å². The van der Waals surface area contributed by atoms with Crippen LogP contribution >= 0.6 is 11.3 Å². The molecule has 1 N–H and O–H groups in total. The van der Waals surface area contributed by atoms with E-state index in [0.29, 0.717) is 28.2 Å². The van der Waals surface area contributed by atoms with Crippen molar-refractivity contribution < 1.29 is 18.8 Å². The Hall–Kier alpha value is -3.72. The van der Waals surface area contributed by atoms with Crippen molar-refractivity contribution in [3.05, 3.63) is 60.1 Å². The number of anilines is 1. The summed E-state index contributed by atoms with van der Waals surface area (Å²) in [6.45, 7) is -0.171. The second-order valence-corrected chi connectivity index (χ2v) is 6.72. The first-order chi connectivity index (χ1) is 14.2. The molecule has 0 bridgehead atoms. The predicted octanol–water partition coefficient (Wildman–Crippen LogP) is 3.89. The topological polar surface area (TPSA) is 99.4 Å². The Labute approximate surface area is 170 Å². The van der Waals surface area contributed by atoms with Crippen LogP contribution in [-0.2, 0) is 4.79 Å². The number of thiazole rings is 1. The second-order valence-electron chi connectivity index (χ2n) is 5.82. The van der Waals surface area contributed by atoms with E-state index in [0.717, 1.165) is 11.3 Å². The molecule has 0 saturated carbocycles. The molecule has 0 radical (unpaired) electrons. The van der Waals surface area contributed by atoms with Crippen LogP contribution in [0.25, 0.3) is 22.8 Å². The van der Waals surface area contributed by atoms with E-state index in [2.05, 4.69) is 20.4 Å². The van der Waals surface area contributed by atoms with Gasteiger partial charge < -0.3 is 14.0 Å². The molecule has 0 aliphatic heterocycles. The molecule has 0 unspecified atom stereocenters. The molecule has 4 rings (SSSR count). The van der Waals surface area contributed by atoms with Crippen LogP contribution in [0.15, 0.2) is 64.6 Å². The highest BCUT2D eigenvalue weighted by molar-refractivity contribution is 7.13. The number of benzene rings is 2. The molecule has 2 heterocycles. The van der Waals surface area contributed by atoms with Gasteiger partial charge in [-0.05, 0) is 36.4 Å². The Kier molecular flexibility index (Phi) is 5.48. The Morgan fingerprint density at radius 3 is 2.76 bits per heavy atom. The van der Waals surface area contributed by atoms with Gasteiger partial charge in [0, 0.05) is 17.1 Å². The molecule has 9 heteroatoms. The number of nitrogens with zero attached hydrogens (tertiary/aromatic N) is 3. The lowest BCUT2D eigenvalue weighted by Crippen LogP contribution is -2.20. The molecular weight excluding hydrogens is 392 g/mol. The quantitative estimate of drug-likeness (QED) is 0.495. The lowest BCUT2D eigenvalue weighted by atomic mass is 10.2. The Bertz CT molecular complexity index is 1090. The first-order valence-electron chi connectivity index (χ1n) is 8.62. The van der Waals surface area contributed by atoms with Crippen LogP contribution in [0.3, 0.4) is 0 Å². The highest BCUT2D eigenvalue weighted by Crippen LogP contribution is 2.30. The van der Waals surface area contributed by atoms with E-state index in [1.54, 1.807) is 36.9 Å². The van der Waals surface area contributed by atoms with Crippen LogP contribution in [0.5, 0.6) is 11.5 Å². The lowest BCUT2D eigenvalue weighted by molar-refractivity contribution is -0.118. The van der Waals surface area contributed by atoms with Gasteiger partial charge in [-0.15, -0.1) is 11.3 Å². The van der Waals surface area contributed by atoms with Gasteiger partial charge in [0.2, 0.25) is 5.82 Å². The van der Waals surface area contributed by atoms with E-state index in [9.17, 15) is 4.79 Å². The van der Waals surface area contributed by atoms with Crippen LogP contribution in [0, 0.1) is 0 Å². The van der Waals surface area contributed by atoms with Crippen molar-refractivity contribution in [2.24, 2.45) is 0 Å². The average Bonchev–Trinajstić information content (AvgIpc) is 3.45. The Morgan fingerprint density at radius 1 is 1.17 bits per heavy atom. The second kappa shape index (κ2) is 8.53. The lowest BCUT2D eigenvalue weighted by Gasteiger charge is -2.08. The van der Waals surface area contributed by atoms with Gasteiger partial charge in [-0.25, -0.2) is 4.98 Å². The molecule has 8 nitrogen and oxygen atoms in total. The molecule has 0 fully saturated rings. The zero-order chi connectivity index (χ0) is 20.1. The van der Waals surface area contributed by atoms with Crippen LogP contribution in [0.4, 0.5) is 5.13 Å². The fourth-order valence-electron chi connectivity index (χ4n) is 2.54. The maximum absolute atomic E-state index is 12.0. The monoisotopic (exact) mass is 408 g/mol. The number of nitrogens with one attached hydrogen (secondary N) is 1. The van der Waals surface area contributed by atoms with Gasteiger partial charge in [0.15, 0.2) is 11.7 Å². The molecule has 29 heavy (non-hydrogen) atoms. The Morgan fingerprint density at radius 2 is 2.00 bits per heavy atom. The number of carbonyl (C=O) groups is 1. The summed E-state index contributed by atoms with van der Waals surface area (Å²) >= 11 is 1.34. The number of methoxy groups -OCH3 is 1. The molecule has 0 aliphatic carbocycles. The number of aromatic nitrogens is 3. The number of amides is 1. The summed E-state index contributed by atoms with van der Waals surface area (Å²) < 4.78 is 16.2. The van der Waals surface area contributed by atoms with Crippen molar-refractivity contribution in [1.29, 1.82) is 0 Å². The Balaban J connectivity index is 1.49. The minimum absolute atomic E-state index is 0.171. The molecule has 0 aliphatic rings. The van der Waals surface area contributed by atoms with Crippen LogP contribution in [0.1, 0.15) is 0 Å². The predicted molar refractivity (Wildman–Crippen MR) is 108 cm³/mol. The summed E-state index contributed by atoms with van der Waals surface area (Å²) in [6.07, 6.45) is 1.62. The number of carbonyl (C=O) groups excluding carboxylic acids is 1. The van der Waals surface area contributed by atoms with Crippen LogP contribution in [0.2, 0.25) is 0 Å². The summed E-state index contributed by atoms with van der Waals surface area (Å²) in [5.41, 5.74) is 1.39. The average molecular weight is 408 g/mol. The van der Waals surface area contributed by atoms with Crippen LogP contribution in [-0.4, -0.2) is 34.7 Å². The van der Waals surface area contributed by atoms with E-state index in [-0.39, 0.29) is 12.5 Å². The molecule has 0 atom stereocenters. The van der Waals surface area contributed by atoms with Gasteiger partial charge in [-0.2, -0.15) is 4.98 Å². The molecule has 1 amide bonds. The third-order valence-electron chi connectivity index (χ3n) is 3.93. The van der Waals surface area contributed by atoms with Crippen molar-refractivity contribution in [1.82, 2.24) is 15.1 Å². The third kappa shape index (κ3) is 4.41. The normalized spacial score (nSPS) is 10.5. The van der Waals surface area contributed by atoms with E-state index in [1.807, 2.05) is 30.3 Å². The van der Waals surface area contributed by atoms with Gasteiger partial charge in [0.1, 0.15) is 11.5 Å². The van der Waals surface area contributed by atoms with Gasteiger partial charge in [-0.1, -0.05) is 17.3 Å². The zero-order valence-corrected chi connectivity index (χ0v) is 16.2. The van der Waals surface area contributed by atoms with E-state index >= 15 is 0 Å². The molecule has 4 aromatic rings. The van der Waals surface area contributed by atoms with Gasteiger partial charge in [0.25, 0.3) is 11.8 Å². The molecule has 0 saturated heterocycles. The van der Waals surface area contributed by atoms with Crippen molar-refractivity contribution in [2.75, 3.05) is 19.0 Å². The van der Waals surface area contributed by atoms with E-state index < -0.39 is 0 Å². The van der Waals surface area contributed by atoms with Gasteiger partial charge >= 0.3 is 0 Å². The van der Waals surface area contributed by atoms with Gasteiger partial charge in [0.05, 0.1) is 12.7 Å². The summed E-state index contributed by atoms with van der Waals surface area (Å²) in [4.78, 5) is 20.5. The van der Waals surface area contributed by atoms with E-state index in [1.165, 1.54) is 11.3 Å². The standard InChI is InChI=1S/C20H16N4O4S/c1-26-14-8-6-13(7-9-14)18-23-19(28-24-18)15-4-2-3-5-16(15)27-12-17(25)22-20-21-10-11-29-20/h2-11H,12H2,1H3,(H,21,22,25). The highest BCUT2D eigenvalue weighted by atomic mass is 32.1. The highest BCUT2D eigenvalue weighted by Gasteiger charge is 2.16. The van der Waals surface area contributed by atoms with Crippen molar-refractivity contribution >= 4 is 22.4 Å². The summed E-state index contributed by atoms with van der Waals surface area (Å²) in [7, 11) is 1.61. The van der Waals surface area contributed by atoms with Crippen molar-refractivity contribution in [3.8, 4) is 34.3 Å². The third-order valence-corrected chi connectivity index (χ3v) is 4.62. The number of hydrogen-bond donors (Lipinski definition) is 1. The van der Waals surface area contributed by atoms with Crippen LogP contribution < -0.4 is 14.8 Å².